The maximum Gasteiger partial charge on any atom is 0.209 e. The van der Waals surface area contributed by atoms with Crippen molar-refractivity contribution in [2.24, 2.45) is 17.4 Å². The van der Waals surface area contributed by atoms with Crippen LogP contribution in [0.3, 0.4) is 0 Å². The van der Waals surface area contributed by atoms with E-state index in [9.17, 15) is 4.79 Å². The molecule has 5 nitrogen and oxygen atoms in total. The number of nitrogens with two attached hydrogens (primary N) is 2. The van der Waals surface area contributed by atoms with E-state index in [1.54, 1.807) is 0 Å². The lowest BCUT2D eigenvalue weighted by Gasteiger charge is -2.13. The summed E-state index contributed by atoms with van der Waals surface area (Å²) in [5.41, 5.74) is 9.60. The molecule has 0 aromatic heterocycles. The molecule has 2 amide bonds. The Morgan fingerprint density at radius 3 is 1.82 bits per heavy atom. The summed E-state index contributed by atoms with van der Waals surface area (Å²) in [7, 11) is 0. The van der Waals surface area contributed by atoms with Crippen LogP contribution < -0.4 is 11.5 Å². The molecule has 1 heterocycles. The van der Waals surface area contributed by atoms with Crippen LogP contribution >= 0.6 is 0 Å². The van der Waals surface area contributed by atoms with Crippen LogP contribution in [-0.2, 0) is 9.59 Å². The normalized spacial score (nSPS) is 19.6. The number of carbonyl (C=O) groups is 2. The molecule has 0 aromatic rings. The number of hydrogen-bond donors (Lipinski definition) is 2. The minimum Gasteiger partial charge on any atom is -0.372 e. The van der Waals surface area contributed by atoms with E-state index in [0.717, 1.165) is 13.0 Å². The highest BCUT2D eigenvalue weighted by molar-refractivity contribution is 5.48. The van der Waals surface area contributed by atoms with Crippen LogP contribution in [0, 0.1) is 5.92 Å². The van der Waals surface area contributed by atoms with Crippen LogP contribution in [0.5, 0.6) is 0 Å². The first-order chi connectivity index (χ1) is 7.90. The van der Waals surface area contributed by atoms with Crippen molar-refractivity contribution in [1.29, 1.82) is 0 Å². The molecule has 1 rings (SSSR count). The second-order valence-corrected chi connectivity index (χ2v) is 4.57. The molecule has 4 N–H and O–H groups in total. The van der Waals surface area contributed by atoms with Crippen molar-refractivity contribution in [1.82, 2.24) is 4.90 Å². The van der Waals surface area contributed by atoms with Gasteiger partial charge in [0, 0.05) is 18.6 Å². The van der Waals surface area contributed by atoms with Gasteiger partial charge >= 0.3 is 0 Å². The molecule has 0 radical (unpaired) electrons. The molecular weight excluding hydrogens is 218 g/mol. The maximum atomic E-state index is 10.1. The summed E-state index contributed by atoms with van der Waals surface area (Å²) < 4.78 is 0. The van der Waals surface area contributed by atoms with Crippen LogP contribution in [-0.4, -0.2) is 36.3 Å². The maximum absolute atomic E-state index is 10.1. The zero-order valence-corrected chi connectivity index (χ0v) is 11.4. The van der Waals surface area contributed by atoms with Crippen molar-refractivity contribution in [3.05, 3.63) is 0 Å². The van der Waals surface area contributed by atoms with Crippen molar-refractivity contribution >= 4 is 12.8 Å². The largest absolute Gasteiger partial charge is 0.372 e. The third kappa shape index (κ3) is 11.2. The molecule has 1 aliphatic rings. The quantitative estimate of drug-likeness (QED) is 0.702. The van der Waals surface area contributed by atoms with E-state index in [4.69, 9.17) is 10.5 Å². The molecule has 1 fully saturated rings. The second-order valence-electron chi connectivity index (χ2n) is 4.57. The SMILES string of the molecule is CC(C)C(C)N.CC1CCCN1C=O.NC=O. The van der Waals surface area contributed by atoms with E-state index >= 15 is 0 Å². The molecule has 0 bridgehead atoms. The number of nitrogens with zero attached hydrogens (tertiary/aromatic N) is 1. The van der Waals surface area contributed by atoms with Crippen molar-refractivity contribution in [2.75, 3.05) is 6.54 Å². The number of rotatable bonds is 2. The number of amides is 2. The highest BCUT2D eigenvalue weighted by atomic mass is 16.1. The van der Waals surface area contributed by atoms with Gasteiger partial charge in [-0.2, -0.15) is 0 Å². The minimum absolute atomic E-state index is 0.250. The van der Waals surface area contributed by atoms with Gasteiger partial charge in [0.1, 0.15) is 0 Å². The summed E-state index contributed by atoms with van der Waals surface area (Å²) >= 11 is 0. The standard InChI is InChI=1S/C6H11NO.C5H13N.CH3NO/c1-6-3-2-4-7(6)5-8;1-4(2)5(3)6;2-1-3/h5-6H,2-4H2,1H3;4-5H,6H2,1-3H3;1H,(H2,2,3). The monoisotopic (exact) mass is 245 g/mol. The predicted octanol–water partition coefficient (Wildman–Crippen LogP) is 0.718. The van der Waals surface area contributed by atoms with Crippen LogP contribution in [0.15, 0.2) is 0 Å². The first kappa shape index (κ1) is 18.3. The molecule has 5 heteroatoms. The molecule has 0 aromatic carbocycles. The van der Waals surface area contributed by atoms with Gasteiger partial charge in [-0.1, -0.05) is 13.8 Å². The van der Waals surface area contributed by atoms with E-state index in [1.165, 1.54) is 12.8 Å². The van der Waals surface area contributed by atoms with Crippen molar-refractivity contribution in [2.45, 2.75) is 52.6 Å². The smallest absolute Gasteiger partial charge is 0.209 e. The number of likely N-dealkylation sites (tertiary alicyclic amines) is 1. The third-order valence-corrected chi connectivity index (χ3v) is 2.79. The summed E-state index contributed by atoms with van der Waals surface area (Å²) in [6.07, 6.45) is 3.55. The molecule has 2 unspecified atom stereocenters. The second kappa shape index (κ2) is 11.4. The molecule has 1 aliphatic heterocycles. The van der Waals surface area contributed by atoms with Gasteiger partial charge in [0.15, 0.2) is 0 Å². The van der Waals surface area contributed by atoms with Crippen molar-refractivity contribution < 1.29 is 9.59 Å². The lowest BCUT2D eigenvalue weighted by Crippen LogP contribution is -2.24. The Morgan fingerprint density at radius 1 is 1.29 bits per heavy atom. The van der Waals surface area contributed by atoms with Crippen molar-refractivity contribution in [3.63, 3.8) is 0 Å². The third-order valence-electron chi connectivity index (χ3n) is 2.79. The van der Waals surface area contributed by atoms with Crippen LogP contribution in [0.1, 0.15) is 40.5 Å². The van der Waals surface area contributed by atoms with Gasteiger partial charge in [-0.15, -0.1) is 0 Å². The molecule has 102 valence electrons. The number of primary amides is 1. The van der Waals surface area contributed by atoms with E-state index in [2.05, 4.69) is 26.5 Å². The molecule has 2 atom stereocenters. The van der Waals surface area contributed by atoms with E-state index in [-0.39, 0.29) is 6.41 Å². The van der Waals surface area contributed by atoms with E-state index in [1.807, 2.05) is 11.8 Å². The lowest BCUT2D eigenvalue weighted by atomic mass is 10.1. The van der Waals surface area contributed by atoms with Crippen LogP contribution in [0.25, 0.3) is 0 Å². The Kier molecular flexibility index (Phi) is 12.2. The number of carbonyl (C=O) groups excluding carboxylic acids is 2. The predicted molar refractivity (Wildman–Crippen MR) is 70.2 cm³/mol. The number of hydrogen-bond acceptors (Lipinski definition) is 3. The fourth-order valence-electron chi connectivity index (χ4n) is 1.11. The van der Waals surface area contributed by atoms with E-state index in [0.29, 0.717) is 18.0 Å². The van der Waals surface area contributed by atoms with Crippen LogP contribution in [0.2, 0.25) is 0 Å². The molecular formula is C12H27N3O2. The Labute approximate surface area is 105 Å². The Morgan fingerprint density at radius 2 is 1.71 bits per heavy atom. The lowest BCUT2D eigenvalue weighted by molar-refractivity contribution is -0.118. The van der Waals surface area contributed by atoms with Gasteiger partial charge in [0.2, 0.25) is 12.8 Å². The minimum atomic E-state index is 0.250. The van der Waals surface area contributed by atoms with E-state index < -0.39 is 0 Å². The van der Waals surface area contributed by atoms with Gasteiger partial charge in [-0.3, -0.25) is 9.59 Å². The molecule has 17 heavy (non-hydrogen) atoms. The van der Waals surface area contributed by atoms with Crippen LogP contribution in [0.4, 0.5) is 0 Å². The summed E-state index contributed by atoms with van der Waals surface area (Å²) in [6.45, 7) is 9.30. The molecule has 0 aliphatic carbocycles. The summed E-state index contributed by atoms with van der Waals surface area (Å²) in [4.78, 5) is 20.6. The fraction of sp³-hybridized carbons (Fsp3) is 0.833. The molecule has 1 saturated heterocycles. The Bertz CT molecular complexity index is 190. The van der Waals surface area contributed by atoms with Gasteiger partial charge in [-0.05, 0) is 32.6 Å². The highest BCUT2D eigenvalue weighted by Crippen LogP contribution is 2.12. The summed E-state index contributed by atoms with van der Waals surface area (Å²) in [5, 5.41) is 0. The topological polar surface area (TPSA) is 89.4 Å². The fourth-order valence-corrected chi connectivity index (χ4v) is 1.11. The zero-order chi connectivity index (χ0) is 13.8. The van der Waals surface area contributed by atoms with Crippen molar-refractivity contribution in [3.8, 4) is 0 Å². The average molecular weight is 245 g/mol. The molecule has 0 saturated carbocycles. The molecule has 0 spiro atoms. The Balaban J connectivity index is 0. The highest BCUT2D eigenvalue weighted by Gasteiger charge is 2.16. The van der Waals surface area contributed by atoms with Gasteiger partial charge in [0.05, 0.1) is 0 Å². The summed E-state index contributed by atoms with van der Waals surface area (Å²) in [6, 6.07) is 0.845. The summed E-state index contributed by atoms with van der Waals surface area (Å²) in [5.74, 6) is 0.630. The first-order valence-electron chi connectivity index (χ1n) is 6.02. The average Bonchev–Trinajstić information content (AvgIpc) is 2.65. The van der Waals surface area contributed by atoms with Gasteiger partial charge in [-0.25, -0.2) is 0 Å². The Hall–Kier alpha value is -1.10. The van der Waals surface area contributed by atoms with Gasteiger partial charge < -0.3 is 16.4 Å². The van der Waals surface area contributed by atoms with Gasteiger partial charge in [0.25, 0.3) is 0 Å². The zero-order valence-electron chi connectivity index (χ0n) is 11.4. The first-order valence-corrected chi connectivity index (χ1v) is 6.02.